The highest BCUT2D eigenvalue weighted by Gasteiger charge is 2.22. The van der Waals surface area contributed by atoms with Crippen LogP contribution in [-0.2, 0) is 11.8 Å². The maximum atomic E-state index is 13.4. The Hall–Kier alpha value is -4.17. The van der Waals surface area contributed by atoms with Gasteiger partial charge in [-0.25, -0.2) is 9.67 Å². The van der Waals surface area contributed by atoms with Gasteiger partial charge in [-0.1, -0.05) is 47.7 Å². The predicted molar refractivity (Wildman–Crippen MR) is 147 cm³/mol. The fraction of sp³-hybridized carbons (Fsp3) is 0.179. The summed E-state index contributed by atoms with van der Waals surface area (Å²) in [6.45, 7) is 5.91. The Kier molecular flexibility index (Phi) is 6.20. The normalized spacial score (nSPS) is 11.1. The average Bonchev–Trinajstić information content (AvgIpc) is 3.37. The van der Waals surface area contributed by atoms with E-state index in [-0.39, 0.29) is 23.7 Å². The van der Waals surface area contributed by atoms with Gasteiger partial charge in [-0.3, -0.25) is 14.3 Å². The van der Waals surface area contributed by atoms with Gasteiger partial charge in [0.05, 0.1) is 21.6 Å². The molecule has 5 aromatic rings. The van der Waals surface area contributed by atoms with Crippen molar-refractivity contribution in [3.8, 4) is 5.69 Å². The summed E-state index contributed by atoms with van der Waals surface area (Å²) >= 11 is 1.54. The molecule has 0 aliphatic heterocycles. The van der Waals surface area contributed by atoms with Crippen molar-refractivity contribution in [3.05, 3.63) is 100.0 Å². The maximum absolute atomic E-state index is 13.4. The molecule has 2 heterocycles. The summed E-state index contributed by atoms with van der Waals surface area (Å²) in [6.07, 6.45) is 0. The Morgan fingerprint density at radius 3 is 2.33 bits per heavy atom. The van der Waals surface area contributed by atoms with E-state index in [4.69, 9.17) is 4.98 Å². The summed E-state index contributed by atoms with van der Waals surface area (Å²) in [5.41, 5.74) is 5.38. The topological polar surface area (TPSA) is 72.2 Å². The van der Waals surface area contributed by atoms with E-state index in [1.165, 1.54) is 11.3 Å². The molecule has 0 saturated heterocycles. The van der Waals surface area contributed by atoms with E-state index in [2.05, 4.69) is 11.4 Å². The average molecular weight is 498 g/mol. The zero-order valence-corrected chi connectivity index (χ0v) is 21.5. The molecule has 0 saturated carbocycles. The van der Waals surface area contributed by atoms with Crippen molar-refractivity contribution in [2.75, 3.05) is 16.8 Å². The molecule has 0 aliphatic rings. The molecule has 0 bridgehead atoms. The minimum absolute atomic E-state index is 0.0157. The first-order valence-corrected chi connectivity index (χ1v) is 12.5. The minimum atomic E-state index is -0.292. The van der Waals surface area contributed by atoms with Crippen molar-refractivity contribution in [1.29, 1.82) is 0 Å². The molecule has 36 heavy (non-hydrogen) atoms. The van der Waals surface area contributed by atoms with Crippen molar-refractivity contribution < 1.29 is 4.79 Å². The van der Waals surface area contributed by atoms with Gasteiger partial charge in [0, 0.05) is 12.7 Å². The Balaban J connectivity index is 1.50. The number of carbonyl (C=O) groups is 1. The van der Waals surface area contributed by atoms with E-state index in [0.717, 1.165) is 37.8 Å². The Bertz CT molecular complexity index is 1580. The Morgan fingerprint density at radius 2 is 1.64 bits per heavy atom. The number of anilines is 3. The van der Waals surface area contributed by atoms with E-state index >= 15 is 0 Å². The highest BCUT2D eigenvalue weighted by atomic mass is 32.1. The third-order valence-electron chi connectivity index (χ3n) is 6.15. The fourth-order valence-electron chi connectivity index (χ4n) is 4.39. The van der Waals surface area contributed by atoms with Gasteiger partial charge in [-0.05, 0) is 68.3 Å². The van der Waals surface area contributed by atoms with E-state index < -0.39 is 0 Å². The molecular formula is C28H27N5O2S. The molecule has 1 amide bonds. The van der Waals surface area contributed by atoms with Gasteiger partial charge in [-0.15, -0.1) is 0 Å². The molecule has 0 atom stereocenters. The SMILES string of the molecule is Cc1cc(C)cc(N(CC(=O)Nc2c(C)n(C)n(-c3ccccc3)c2=O)c2nc3ccccc3s2)c1. The second-order valence-corrected chi connectivity index (χ2v) is 9.89. The van der Waals surface area contributed by atoms with Crippen molar-refractivity contribution in [2.45, 2.75) is 20.8 Å². The first-order valence-electron chi connectivity index (χ1n) is 11.7. The number of aromatic nitrogens is 3. The van der Waals surface area contributed by atoms with Gasteiger partial charge < -0.3 is 10.2 Å². The number of carbonyl (C=O) groups excluding carboxylic acids is 1. The number of rotatable bonds is 6. The van der Waals surface area contributed by atoms with E-state index in [0.29, 0.717) is 5.69 Å². The summed E-state index contributed by atoms with van der Waals surface area (Å²) in [6, 6.07) is 23.5. The summed E-state index contributed by atoms with van der Waals surface area (Å²) in [4.78, 5) is 33.4. The second-order valence-electron chi connectivity index (χ2n) is 8.88. The van der Waals surface area contributed by atoms with Crippen molar-refractivity contribution in [1.82, 2.24) is 14.3 Å². The lowest BCUT2D eigenvalue weighted by Crippen LogP contribution is -2.31. The fourth-order valence-corrected chi connectivity index (χ4v) is 5.37. The van der Waals surface area contributed by atoms with Gasteiger partial charge >= 0.3 is 0 Å². The van der Waals surface area contributed by atoms with Crippen LogP contribution in [0.5, 0.6) is 0 Å². The maximum Gasteiger partial charge on any atom is 0.295 e. The molecule has 1 N–H and O–H groups in total. The highest BCUT2D eigenvalue weighted by molar-refractivity contribution is 7.22. The van der Waals surface area contributed by atoms with E-state index in [1.807, 2.05) is 99.4 Å². The van der Waals surface area contributed by atoms with Crippen LogP contribution in [0.2, 0.25) is 0 Å². The molecule has 182 valence electrons. The molecule has 0 fully saturated rings. The monoisotopic (exact) mass is 497 g/mol. The van der Waals surface area contributed by atoms with Crippen LogP contribution >= 0.6 is 11.3 Å². The summed E-state index contributed by atoms with van der Waals surface area (Å²) in [5, 5.41) is 3.61. The number of hydrogen-bond donors (Lipinski definition) is 1. The smallest absolute Gasteiger partial charge is 0.295 e. The molecule has 0 radical (unpaired) electrons. The first-order chi connectivity index (χ1) is 17.3. The van der Waals surface area contributed by atoms with Crippen molar-refractivity contribution >= 4 is 44.0 Å². The molecule has 2 aromatic heterocycles. The van der Waals surface area contributed by atoms with E-state index in [1.54, 1.807) is 9.36 Å². The van der Waals surface area contributed by atoms with E-state index in [9.17, 15) is 9.59 Å². The minimum Gasteiger partial charge on any atom is -0.318 e. The van der Waals surface area contributed by atoms with Gasteiger partial charge in [0.25, 0.3) is 5.56 Å². The molecule has 7 nitrogen and oxygen atoms in total. The summed E-state index contributed by atoms with van der Waals surface area (Å²) in [5.74, 6) is -0.292. The zero-order chi connectivity index (χ0) is 25.4. The Labute approximate surface area is 213 Å². The van der Waals surface area contributed by atoms with Crippen LogP contribution in [0, 0.1) is 20.8 Å². The third kappa shape index (κ3) is 4.43. The highest BCUT2D eigenvalue weighted by Crippen LogP contribution is 2.34. The number of aryl methyl sites for hydroxylation is 2. The second kappa shape index (κ2) is 9.47. The molecule has 0 aliphatic carbocycles. The van der Waals surface area contributed by atoms with Crippen LogP contribution < -0.4 is 15.8 Å². The lowest BCUT2D eigenvalue weighted by molar-refractivity contribution is -0.114. The van der Waals surface area contributed by atoms with Gasteiger partial charge in [0.2, 0.25) is 5.91 Å². The third-order valence-corrected chi connectivity index (χ3v) is 7.21. The van der Waals surface area contributed by atoms with Gasteiger partial charge in [0.15, 0.2) is 5.13 Å². The van der Waals surface area contributed by atoms with Crippen LogP contribution in [-0.4, -0.2) is 26.8 Å². The van der Waals surface area contributed by atoms with Crippen LogP contribution in [0.1, 0.15) is 16.8 Å². The molecule has 3 aromatic carbocycles. The molecule has 5 rings (SSSR count). The lowest BCUT2D eigenvalue weighted by Gasteiger charge is -2.22. The number of nitrogens with one attached hydrogen (secondary N) is 1. The van der Waals surface area contributed by atoms with Crippen molar-refractivity contribution in [3.63, 3.8) is 0 Å². The standard InChI is InChI=1S/C28H27N5O2S/c1-18-14-19(2)16-22(15-18)32(28-29-23-12-8-9-13-24(23)36-28)17-25(34)30-26-20(3)31(4)33(27(26)35)21-10-6-5-7-11-21/h5-16H,17H2,1-4H3,(H,30,34). The number of hydrogen-bond acceptors (Lipinski definition) is 5. The number of para-hydroxylation sites is 2. The predicted octanol–water partition coefficient (Wildman–Crippen LogP) is 5.49. The lowest BCUT2D eigenvalue weighted by atomic mass is 10.1. The molecule has 0 spiro atoms. The number of fused-ring (bicyclic) bond motifs is 1. The number of thiazole rings is 1. The number of amides is 1. The molecular weight excluding hydrogens is 470 g/mol. The Morgan fingerprint density at radius 1 is 0.972 bits per heavy atom. The summed E-state index contributed by atoms with van der Waals surface area (Å²) < 4.78 is 4.36. The van der Waals surface area contributed by atoms with Crippen LogP contribution in [0.4, 0.5) is 16.5 Å². The van der Waals surface area contributed by atoms with Gasteiger partial charge in [-0.2, -0.15) is 0 Å². The van der Waals surface area contributed by atoms with Crippen LogP contribution in [0.3, 0.4) is 0 Å². The number of nitrogens with zero attached hydrogens (tertiary/aromatic N) is 4. The quantitative estimate of drug-likeness (QED) is 0.337. The van der Waals surface area contributed by atoms with Crippen LogP contribution in [0.15, 0.2) is 77.6 Å². The van der Waals surface area contributed by atoms with Crippen LogP contribution in [0.25, 0.3) is 15.9 Å². The van der Waals surface area contributed by atoms with Crippen molar-refractivity contribution in [2.24, 2.45) is 7.05 Å². The first kappa shape index (κ1) is 23.6. The zero-order valence-electron chi connectivity index (χ0n) is 20.6. The largest absolute Gasteiger partial charge is 0.318 e. The molecule has 0 unspecified atom stereocenters. The number of benzene rings is 3. The molecule has 8 heteroatoms. The van der Waals surface area contributed by atoms with Gasteiger partial charge in [0.1, 0.15) is 12.2 Å². The summed E-state index contributed by atoms with van der Waals surface area (Å²) in [7, 11) is 1.81.